The topological polar surface area (TPSA) is 17.8 Å². The summed E-state index contributed by atoms with van der Waals surface area (Å²) < 4.78 is 2.27. The first-order valence-corrected chi connectivity index (χ1v) is 16.1. The van der Waals surface area contributed by atoms with Gasteiger partial charge in [0.2, 0.25) is 0 Å². The Balaban J connectivity index is 1.27. The summed E-state index contributed by atoms with van der Waals surface area (Å²) in [5, 5.41) is 4.96. The van der Waals surface area contributed by atoms with Gasteiger partial charge in [0.25, 0.3) is 0 Å². The zero-order valence-corrected chi connectivity index (χ0v) is 25.7. The minimum absolute atomic E-state index is 0.938. The van der Waals surface area contributed by atoms with Crippen molar-refractivity contribution in [3.05, 3.63) is 182 Å². The van der Waals surface area contributed by atoms with Gasteiger partial charge in [0, 0.05) is 11.3 Å². The number of fused-ring (bicyclic) bond motifs is 3. The predicted molar refractivity (Wildman–Crippen MR) is 198 cm³/mol. The molecule has 0 unspecified atom stereocenters. The summed E-state index contributed by atoms with van der Waals surface area (Å²) in [7, 11) is 0. The van der Waals surface area contributed by atoms with E-state index >= 15 is 0 Å². The monoisotopic (exact) mass is 598 g/mol. The molecule has 1 aromatic heterocycles. The minimum Gasteiger partial charge on any atom is -0.292 e. The first-order chi connectivity index (χ1) is 23.3. The maximum absolute atomic E-state index is 5.27. The Labute approximate surface area is 273 Å². The van der Waals surface area contributed by atoms with E-state index < -0.39 is 0 Å². The van der Waals surface area contributed by atoms with Crippen molar-refractivity contribution in [3.63, 3.8) is 0 Å². The number of hydrogen-bond acceptors (Lipinski definition) is 1. The van der Waals surface area contributed by atoms with Crippen LogP contribution in [0.4, 0.5) is 0 Å². The molecule has 0 bridgehead atoms. The molecule has 0 amide bonds. The van der Waals surface area contributed by atoms with Crippen molar-refractivity contribution in [1.29, 1.82) is 0 Å². The lowest BCUT2D eigenvalue weighted by molar-refractivity contribution is 1.10. The van der Waals surface area contributed by atoms with Gasteiger partial charge in [0.05, 0.1) is 11.0 Å². The van der Waals surface area contributed by atoms with Gasteiger partial charge >= 0.3 is 0 Å². The lowest BCUT2D eigenvalue weighted by Crippen LogP contribution is -1.97. The molecule has 0 N–H and O–H groups in total. The van der Waals surface area contributed by atoms with E-state index in [-0.39, 0.29) is 0 Å². The third-order valence-corrected chi connectivity index (χ3v) is 9.20. The number of benzene rings is 8. The van der Waals surface area contributed by atoms with Crippen molar-refractivity contribution in [2.75, 3.05) is 0 Å². The SMILES string of the molecule is c1ccc(-c2ccc(-c3c4ccccc4c(-c4ccc5c(c4)nc(-c4ccccc4)n5-c4ccccc4)c4ccccc34)cc2)cc1. The fourth-order valence-corrected chi connectivity index (χ4v) is 7.07. The van der Waals surface area contributed by atoms with Gasteiger partial charge in [-0.25, -0.2) is 4.98 Å². The van der Waals surface area contributed by atoms with Gasteiger partial charge in [-0.3, -0.25) is 4.57 Å². The summed E-state index contributed by atoms with van der Waals surface area (Å²) in [6.07, 6.45) is 0. The van der Waals surface area contributed by atoms with Crippen LogP contribution in [0.1, 0.15) is 0 Å². The second-order valence-electron chi connectivity index (χ2n) is 12.0. The largest absolute Gasteiger partial charge is 0.292 e. The van der Waals surface area contributed by atoms with Crippen molar-refractivity contribution < 1.29 is 0 Å². The molecule has 8 aromatic carbocycles. The van der Waals surface area contributed by atoms with Crippen molar-refractivity contribution in [3.8, 4) is 50.5 Å². The zero-order valence-electron chi connectivity index (χ0n) is 25.7. The quantitative estimate of drug-likeness (QED) is 0.180. The van der Waals surface area contributed by atoms with E-state index in [9.17, 15) is 0 Å². The van der Waals surface area contributed by atoms with Crippen LogP contribution in [-0.2, 0) is 0 Å². The van der Waals surface area contributed by atoms with Crippen LogP contribution >= 0.6 is 0 Å². The molecule has 9 aromatic rings. The molecule has 2 nitrogen and oxygen atoms in total. The third-order valence-electron chi connectivity index (χ3n) is 9.20. The van der Waals surface area contributed by atoms with Gasteiger partial charge in [0.1, 0.15) is 5.82 Å². The van der Waals surface area contributed by atoms with E-state index in [1.165, 1.54) is 49.4 Å². The van der Waals surface area contributed by atoms with Crippen molar-refractivity contribution in [2.24, 2.45) is 0 Å². The Morgan fingerprint density at radius 2 is 0.766 bits per heavy atom. The van der Waals surface area contributed by atoms with Gasteiger partial charge in [-0.05, 0) is 79.2 Å². The molecule has 0 fully saturated rings. The lowest BCUT2D eigenvalue weighted by atomic mass is 9.85. The standard InChI is InChI=1S/C45H30N2/c1-4-14-31(15-5-1)32-24-26-33(27-25-32)43-37-20-10-12-22-39(37)44(40-23-13-11-21-38(40)43)35-28-29-42-41(30-35)46-45(34-16-6-2-7-17-34)47(42)36-18-8-3-9-19-36/h1-30H. The normalized spacial score (nSPS) is 11.4. The zero-order chi connectivity index (χ0) is 31.2. The summed E-state index contributed by atoms with van der Waals surface area (Å²) in [6.45, 7) is 0. The molecule has 0 aliphatic carbocycles. The van der Waals surface area contributed by atoms with E-state index in [0.29, 0.717) is 0 Å². The number of hydrogen-bond donors (Lipinski definition) is 0. The molecular weight excluding hydrogens is 569 g/mol. The highest BCUT2D eigenvalue weighted by Gasteiger charge is 2.19. The first-order valence-electron chi connectivity index (χ1n) is 16.1. The van der Waals surface area contributed by atoms with E-state index in [4.69, 9.17) is 4.98 Å². The molecular formula is C45H30N2. The second-order valence-corrected chi connectivity index (χ2v) is 12.0. The van der Waals surface area contributed by atoms with Gasteiger partial charge in [-0.1, -0.05) is 158 Å². The molecule has 47 heavy (non-hydrogen) atoms. The highest BCUT2D eigenvalue weighted by atomic mass is 15.1. The van der Waals surface area contributed by atoms with Crippen LogP contribution in [0, 0.1) is 0 Å². The third kappa shape index (κ3) is 4.62. The van der Waals surface area contributed by atoms with Crippen LogP contribution in [0.25, 0.3) is 83.0 Å². The van der Waals surface area contributed by atoms with E-state index in [0.717, 1.165) is 33.7 Å². The summed E-state index contributed by atoms with van der Waals surface area (Å²) in [5.41, 5.74) is 11.6. The Morgan fingerprint density at radius 1 is 0.340 bits per heavy atom. The van der Waals surface area contributed by atoms with Crippen LogP contribution in [0.5, 0.6) is 0 Å². The summed E-state index contributed by atoms with van der Waals surface area (Å²) >= 11 is 0. The van der Waals surface area contributed by atoms with Gasteiger partial charge < -0.3 is 0 Å². The highest BCUT2D eigenvalue weighted by Crippen LogP contribution is 2.44. The molecule has 1 heterocycles. The first kappa shape index (κ1) is 27.1. The molecule has 0 atom stereocenters. The average Bonchev–Trinajstić information content (AvgIpc) is 3.54. The molecule has 220 valence electrons. The van der Waals surface area contributed by atoms with Crippen LogP contribution in [0.3, 0.4) is 0 Å². The molecule has 0 saturated carbocycles. The molecule has 0 spiro atoms. The number of imidazole rings is 1. The summed E-state index contributed by atoms with van der Waals surface area (Å²) in [4.78, 5) is 5.27. The average molecular weight is 599 g/mol. The predicted octanol–water partition coefficient (Wildman–Crippen LogP) is 12.0. The van der Waals surface area contributed by atoms with Gasteiger partial charge in [0.15, 0.2) is 0 Å². The summed E-state index contributed by atoms with van der Waals surface area (Å²) in [6, 6.07) is 65.0. The summed E-state index contributed by atoms with van der Waals surface area (Å²) in [5.74, 6) is 0.938. The van der Waals surface area contributed by atoms with Gasteiger partial charge in [-0.15, -0.1) is 0 Å². The lowest BCUT2D eigenvalue weighted by Gasteiger charge is -2.18. The smallest absolute Gasteiger partial charge is 0.145 e. The Bertz CT molecular complexity index is 2470. The van der Waals surface area contributed by atoms with Gasteiger partial charge in [-0.2, -0.15) is 0 Å². The van der Waals surface area contributed by atoms with Crippen LogP contribution in [0.15, 0.2) is 182 Å². The fraction of sp³-hybridized carbons (Fsp3) is 0. The molecule has 0 aliphatic heterocycles. The maximum atomic E-state index is 5.27. The van der Waals surface area contributed by atoms with Crippen molar-refractivity contribution in [1.82, 2.24) is 9.55 Å². The molecule has 9 rings (SSSR count). The Kier molecular flexibility index (Phi) is 6.50. The van der Waals surface area contributed by atoms with Crippen LogP contribution in [0.2, 0.25) is 0 Å². The van der Waals surface area contributed by atoms with Crippen LogP contribution in [-0.4, -0.2) is 9.55 Å². The van der Waals surface area contributed by atoms with Crippen molar-refractivity contribution >= 4 is 32.6 Å². The number of rotatable bonds is 5. The van der Waals surface area contributed by atoms with E-state index in [1.54, 1.807) is 0 Å². The molecule has 2 heteroatoms. The van der Waals surface area contributed by atoms with E-state index in [2.05, 4.69) is 187 Å². The molecule has 0 aliphatic rings. The minimum atomic E-state index is 0.938. The Morgan fingerprint density at radius 3 is 1.34 bits per heavy atom. The number of aromatic nitrogens is 2. The second kappa shape index (κ2) is 11.3. The maximum Gasteiger partial charge on any atom is 0.145 e. The van der Waals surface area contributed by atoms with Crippen LogP contribution < -0.4 is 0 Å². The van der Waals surface area contributed by atoms with Crippen molar-refractivity contribution in [2.45, 2.75) is 0 Å². The number of para-hydroxylation sites is 1. The molecule has 0 radical (unpaired) electrons. The molecule has 0 saturated heterocycles. The Hall–Kier alpha value is -6.25. The fourth-order valence-electron chi connectivity index (χ4n) is 7.07. The number of nitrogens with zero attached hydrogens (tertiary/aromatic N) is 2. The highest BCUT2D eigenvalue weighted by molar-refractivity contribution is 6.21. The van der Waals surface area contributed by atoms with E-state index in [1.807, 2.05) is 0 Å².